The number of carbonyl (C=O) groups excluding carboxylic acids is 1. The van der Waals surface area contributed by atoms with E-state index in [0.717, 1.165) is 0 Å². The first kappa shape index (κ1) is 13.4. The van der Waals surface area contributed by atoms with Crippen molar-refractivity contribution in [3.05, 3.63) is 0 Å². The van der Waals surface area contributed by atoms with E-state index in [1.165, 1.54) is 7.11 Å². The third-order valence-corrected chi connectivity index (χ3v) is 4.68. The van der Waals surface area contributed by atoms with Crippen molar-refractivity contribution in [1.29, 1.82) is 0 Å². The normalized spacial score (nSPS) is 29.4. The van der Waals surface area contributed by atoms with Crippen LogP contribution in [0.3, 0.4) is 0 Å². The van der Waals surface area contributed by atoms with Crippen molar-refractivity contribution >= 4 is 15.8 Å². The molecule has 0 aromatic heterocycles. The maximum Gasteiger partial charge on any atom is 0.305 e. The van der Waals surface area contributed by atoms with Crippen LogP contribution in [0.1, 0.15) is 25.7 Å². The van der Waals surface area contributed by atoms with Gasteiger partial charge in [0.2, 0.25) is 0 Å². The van der Waals surface area contributed by atoms with Crippen LogP contribution in [-0.2, 0) is 19.4 Å². The van der Waals surface area contributed by atoms with E-state index in [2.05, 4.69) is 4.74 Å². The zero-order valence-corrected chi connectivity index (χ0v) is 10.1. The van der Waals surface area contributed by atoms with Gasteiger partial charge in [-0.05, 0) is 25.2 Å². The lowest BCUT2D eigenvalue weighted by molar-refractivity contribution is -0.141. The topological polar surface area (TPSA) is 60.4 Å². The molecule has 2 unspecified atom stereocenters. The largest absolute Gasteiger partial charge is 0.469 e. The second kappa shape index (κ2) is 5.61. The second-order valence-corrected chi connectivity index (χ2v) is 6.42. The number of carbonyl (C=O) groups is 1. The lowest BCUT2D eigenvalue weighted by Crippen LogP contribution is -2.17. The maximum atomic E-state index is 13.6. The summed E-state index contributed by atoms with van der Waals surface area (Å²) >= 11 is 0. The third kappa shape index (κ3) is 4.08. The quantitative estimate of drug-likeness (QED) is 0.706. The van der Waals surface area contributed by atoms with Gasteiger partial charge in [-0.25, -0.2) is 12.8 Å². The number of alkyl halides is 1. The molecule has 0 radical (unpaired) electrons. The van der Waals surface area contributed by atoms with E-state index in [0.29, 0.717) is 12.8 Å². The highest BCUT2D eigenvalue weighted by molar-refractivity contribution is 7.91. The third-order valence-electron chi connectivity index (χ3n) is 2.96. The molecule has 1 heterocycles. The standard InChI is InChI=1S/C10H17FO4S/c1-15-10(12)3-2-8-4-6-16(13,14)7-5-9(8)11/h8-9H,2-7H2,1H3. The Balaban J connectivity index is 2.50. The average Bonchev–Trinajstić information content (AvgIpc) is 2.37. The molecule has 1 rings (SSSR count). The van der Waals surface area contributed by atoms with Gasteiger partial charge in [-0.1, -0.05) is 0 Å². The van der Waals surface area contributed by atoms with Crippen molar-refractivity contribution in [3.8, 4) is 0 Å². The van der Waals surface area contributed by atoms with Crippen LogP contribution in [0.15, 0.2) is 0 Å². The minimum Gasteiger partial charge on any atom is -0.469 e. The second-order valence-electron chi connectivity index (χ2n) is 4.12. The van der Waals surface area contributed by atoms with Gasteiger partial charge in [-0.3, -0.25) is 4.79 Å². The molecular formula is C10H17FO4S. The predicted octanol–water partition coefficient (Wildman–Crippen LogP) is 1.10. The molecule has 0 spiro atoms. The Morgan fingerprint density at radius 3 is 2.62 bits per heavy atom. The van der Waals surface area contributed by atoms with Gasteiger partial charge >= 0.3 is 5.97 Å². The fraction of sp³-hybridized carbons (Fsp3) is 0.900. The van der Waals surface area contributed by atoms with Crippen LogP contribution in [0.2, 0.25) is 0 Å². The Labute approximate surface area is 95.1 Å². The van der Waals surface area contributed by atoms with Crippen LogP contribution >= 0.6 is 0 Å². The minimum atomic E-state index is -3.09. The number of hydrogen-bond acceptors (Lipinski definition) is 4. The summed E-state index contributed by atoms with van der Waals surface area (Å²) in [6.45, 7) is 0. The monoisotopic (exact) mass is 252 g/mol. The van der Waals surface area contributed by atoms with E-state index < -0.39 is 16.0 Å². The van der Waals surface area contributed by atoms with Crippen LogP contribution in [0.25, 0.3) is 0 Å². The molecule has 0 bridgehead atoms. The molecule has 94 valence electrons. The average molecular weight is 252 g/mol. The summed E-state index contributed by atoms with van der Waals surface area (Å²) in [5.41, 5.74) is 0. The first-order chi connectivity index (χ1) is 7.44. The number of methoxy groups -OCH3 is 1. The number of hydrogen-bond donors (Lipinski definition) is 0. The van der Waals surface area contributed by atoms with E-state index in [-0.39, 0.29) is 36.2 Å². The molecule has 0 amide bonds. The number of halogens is 1. The molecule has 0 saturated carbocycles. The van der Waals surface area contributed by atoms with Gasteiger partial charge in [0, 0.05) is 6.42 Å². The predicted molar refractivity (Wildman–Crippen MR) is 57.5 cm³/mol. The highest BCUT2D eigenvalue weighted by Crippen LogP contribution is 2.26. The van der Waals surface area contributed by atoms with Crippen molar-refractivity contribution in [2.24, 2.45) is 5.92 Å². The zero-order valence-electron chi connectivity index (χ0n) is 9.32. The molecule has 0 aromatic rings. The Bertz CT molecular complexity index is 339. The van der Waals surface area contributed by atoms with Crippen LogP contribution in [0, 0.1) is 5.92 Å². The smallest absolute Gasteiger partial charge is 0.305 e. The maximum absolute atomic E-state index is 13.6. The molecule has 0 N–H and O–H groups in total. The number of rotatable bonds is 3. The Morgan fingerprint density at radius 1 is 1.38 bits per heavy atom. The van der Waals surface area contributed by atoms with Crippen molar-refractivity contribution in [2.45, 2.75) is 31.9 Å². The Hall–Kier alpha value is -0.650. The summed E-state index contributed by atoms with van der Waals surface area (Å²) in [5.74, 6) is -0.766. The molecule has 0 aromatic carbocycles. The fourth-order valence-electron chi connectivity index (χ4n) is 1.87. The first-order valence-electron chi connectivity index (χ1n) is 5.36. The van der Waals surface area contributed by atoms with Crippen LogP contribution in [0.4, 0.5) is 4.39 Å². The van der Waals surface area contributed by atoms with Gasteiger partial charge in [0.25, 0.3) is 0 Å². The molecule has 1 aliphatic heterocycles. The van der Waals surface area contributed by atoms with Gasteiger partial charge in [0.1, 0.15) is 16.0 Å². The minimum absolute atomic E-state index is 0.0270. The molecule has 16 heavy (non-hydrogen) atoms. The molecule has 2 atom stereocenters. The molecule has 1 saturated heterocycles. The van der Waals surface area contributed by atoms with E-state index in [9.17, 15) is 17.6 Å². The Morgan fingerprint density at radius 2 is 2.00 bits per heavy atom. The molecule has 1 aliphatic rings. The Kier molecular flexibility index (Phi) is 4.70. The first-order valence-corrected chi connectivity index (χ1v) is 7.18. The summed E-state index contributed by atoms with van der Waals surface area (Å²) in [5, 5.41) is 0. The van der Waals surface area contributed by atoms with E-state index in [4.69, 9.17) is 0 Å². The van der Waals surface area contributed by atoms with Gasteiger partial charge in [0.05, 0.1) is 18.6 Å². The van der Waals surface area contributed by atoms with Gasteiger partial charge in [-0.2, -0.15) is 0 Å². The number of ether oxygens (including phenoxy) is 1. The van der Waals surface area contributed by atoms with Crippen molar-refractivity contribution in [3.63, 3.8) is 0 Å². The summed E-state index contributed by atoms with van der Waals surface area (Å²) in [7, 11) is -1.80. The molecule has 6 heteroatoms. The highest BCUT2D eigenvalue weighted by atomic mass is 32.2. The number of sulfone groups is 1. The molecular weight excluding hydrogens is 235 g/mol. The number of esters is 1. The highest BCUT2D eigenvalue weighted by Gasteiger charge is 2.29. The summed E-state index contributed by atoms with van der Waals surface area (Å²) < 4.78 is 40.7. The SMILES string of the molecule is COC(=O)CCC1CCS(=O)(=O)CCC1F. The van der Waals surface area contributed by atoms with Gasteiger partial charge in [-0.15, -0.1) is 0 Å². The molecule has 4 nitrogen and oxygen atoms in total. The van der Waals surface area contributed by atoms with Crippen LogP contribution in [-0.4, -0.2) is 39.2 Å². The van der Waals surface area contributed by atoms with Gasteiger partial charge < -0.3 is 4.74 Å². The summed E-state index contributed by atoms with van der Waals surface area (Å²) in [6, 6.07) is 0. The van der Waals surface area contributed by atoms with Crippen molar-refractivity contribution in [2.75, 3.05) is 18.6 Å². The fourth-order valence-corrected chi connectivity index (χ4v) is 3.32. The van der Waals surface area contributed by atoms with E-state index in [1.807, 2.05) is 0 Å². The van der Waals surface area contributed by atoms with Crippen LogP contribution in [0.5, 0.6) is 0 Å². The molecule has 0 aliphatic carbocycles. The van der Waals surface area contributed by atoms with E-state index in [1.54, 1.807) is 0 Å². The zero-order chi connectivity index (χ0) is 12.2. The summed E-state index contributed by atoms with van der Waals surface area (Å²) in [4.78, 5) is 10.9. The van der Waals surface area contributed by atoms with E-state index >= 15 is 0 Å². The van der Waals surface area contributed by atoms with Crippen molar-refractivity contribution < 1.29 is 22.3 Å². The lowest BCUT2D eigenvalue weighted by atomic mass is 9.94. The lowest BCUT2D eigenvalue weighted by Gasteiger charge is -2.16. The van der Waals surface area contributed by atoms with Crippen molar-refractivity contribution in [1.82, 2.24) is 0 Å². The van der Waals surface area contributed by atoms with Gasteiger partial charge in [0.15, 0.2) is 0 Å². The molecule has 1 fully saturated rings. The summed E-state index contributed by atoms with van der Waals surface area (Å²) in [6.07, 6.45) is -0.249. The van der Waals surface area contributed by atoms with Crippen LogP contribution < -0.4 is 0 Å².